The summed E-state index contributed by atoms with van der Waals surface area (Å²) in [5, 5.41) is 3.56. The first-order valence-electron chi connectivity index (χ1n) is 7.73. The van der Waals surface area contributed by atoms with Gasteiger partial charge >= 0.3 is 0 Å². The second-order valence-electron chi connectivity index (χ2n) is 6.13. The minimum atomic E-state index is 0.450. The molecule has 1 aliphatic carbocycles. The van der Waals surface area contributed by atoms with Crippen molar-refractivity contribution in [3.8, 4) is 5.75 Å². The maximum absolute atomic E-state index is 5.99. The van der Waals surface area contributed by atoms with Crippen LogP contribution in [0.15, 0.2) is 18.2 Å². The molecule has 0 radical (unpaired) electrons. The van der Waals surface area contributed by atoms with E-state index < -0.39 is 0 Å². The molecule has 1 aromatic carbocycles. The zero-order valence-electron chi connectivity index (χ0n) is 12.1. The molecule has 2 aliphatic rings. The standard InChI is InChI=1S/C17H25NO/c1-12-6-3-9-14(12)16(18-2)15-10-4-7-13-8-5-11-19-17(13)15/h4,7,10,12,14,16,18H,3,5-6,8-9,11H2,1-2H3. The van der Waals surface area contributed by atoms with Crippen molar-refractivity contribution in [3.05, 3.63) is 29.3 Å². The van der Waals surface area contributed by atoms with Crippen molar-refractivity contribution in [1.82, 2.24) is 5.32 Å². The molecule has 2 nitrogen and oxygen atoms in total. The van der Waals surface area contributed by atoms with Gasteiger partial charge in [-0.15, -0.1) is 0 Å². The van der Waals surface area contributed by atoms with E-state index in [2.05, 4.69) is 37.5 Å². The highest BCUT2D eigenvalue weighted by atomic mass is 16.5. The summed E-state index contributed by atoms with van der Waals surface area (Å²) in [6.45, 7) is 3.28. The highest BCUT2D eigenvalue weighted by molar-refractivity contribution is 5.44. The van der Waals surface area contributed by atoms with Crippen LogP contribution in [0.1, 0.15) is 49.8 Å². The Morgan fingerprint density at radius 3 is 2.89 bits per heavy atom. The number of aryl methyl sites for hydroxylation is 1. The minimum Gasteiger partial charge on any atom is -0.493 e. The second kappa shape index (κ2) is 5.54. The Bertz CT molecular complexity index is 443. The lowest BCUT2D eigenvalue weighted by Crippen LogP contribution is -2.28. The monoisotopic (exact) mass is 259 g/mol. The molecule has 0 bridgehead atoms. The Balaban J connectivity index is 1.95. The van der Waals surface area contributed by atoms with Crippen molar-refractivity contribution in [1.29, 1.82) is 0 Å². The first-order chi connectivity index (χ1) is 9.31. The predicted octanol–water partition coefficient (Wildman–Crippen LogP) is 3.71. The molecular weight excluding hydrogens is 234 g/mol. The fourth-order valence-electron chi connectivity index (χ4n) is 3.93. The van der Waals surface area contributed by atoms with Gasteiger partial charge in [0.1, 0.15) is 5.75 Å². The molecule has 1 fully saturated rings. The molecule has 0 saturated heterocycles. The van der Waals surface area contributed by atoms with Crippen LogP contribution >= 0.6 is 0 Å². The fourth-order valence-corrected chi connectivity index (χ4v) is 3.93. The van der Waals surface area contributed by atoms with Crippen LogP contribution in [-0.2, 0) is 6.42 Å². The second-order valence-corrected chi connectivity index (χ2v) is 6.13. The number of benzene rings is 1. The Hall–Kier alpha value is -1.02. The van der Waals surface area contributed by atoms with E-state index in [4.69, 9.17) is 4.74 Å². The Morgan fingerprint density at radius 2 is 2.16 bits per heavy atom. The summed E-state index contributed by atoms with van der Waals surface area (Å²) in [6, 6.07) is 7.14. The van der Waals surface area contributed by atoms with E-state index in [-0.39, 0.29) is 0 Å². The van der Waals surface area contributed by atoms with Crippen molar-refractivity contribution in [2.45, 2.75) is 45.1 Å². The van der Waals surface area contributed by atoms with Crippen LogP contribution < -0.4 is 10.1 Å². The summed E-state index contributed by atoms with van der Waals surface area (Å²) in [5.41, 5.74) is 2.79. The van der Waals surface area contributed by atoms with Gasteiger partial charge < -0.3 is 10.1 Å². The van der Waals surface area contributed by atoms with E-state index in [1.54, 1.807) is 0 Å². The summed E-state index contributed by atoms with van der Waals surface area (Å²) >= 11 is 0. The van der Waals surface area contributed by atoms with Crippen LogP contribution in [0.3, 0.4) is 0 Å². The molecule has 1 aliphatic heterocycles. The maximum atomic E-state index is 5.99. The van der Waals surface area contributed by atoms with Crippen LogP contribution in [0, 0.1) is 11.8 Å². The van der Waals surface area contributed by atoms with Gasteiger partial charge in [-0.2, -0.15) is 0 Å². The lowest BCUT2D eigenvalue weighted by atomic mass is 9.84. The number of para-hydroxylation sites is 1. The van der Waals surface area contributed by atoms with Gasteiger partial charge in [0.15, 0.2) is 0 Å². The normalized spacial score (nSPS) is 27.7. The Labute approximate surface area is 116 Å². The molecule has 0 amide bonds. The zero-order valence-corrected chi connectivity index (χ0v) is 12.1. The number of ether oxygens (including phenoxy) is 1. The molecule has 1 heterocycles. The smallest absolute Gasteiger partial charge is 0.127 e. The summed E-state index contributed by atoms with van der Waals surface area (Å²) in [7, 11) is 2.10. The molecule has 104 valence electrons. The van der Waals surface area contributed by atoms with E-state index in [9.17, 15) is 0 Å². The maximum Gasteiger partial charge on any atom is 0.127 e. The van der Waals surface area contributed by atoms with Crippen LogP contribution in [0.2, 0.25) is 0 Å². The molecule has 0 aromatic heterocycles. The van der Waals surface area contributed by atoms with Gasteiger partial charge in [0.25, 0.3) is 0 Å². The number of nitrogens with one attached hydrogen (secondary N) is 1. The van der Waals surface area contributed by atoms with E-state index in [1.807, 2.05) is 0 Å². The predicted molar refractivity (Wildman–Crippen MR) is 78.6 cm³/mol. The van der Waals surface area contributed by atoms with Crippen LogP contribution in [0.25, 0.3) is 0 Å². The van der Waals surface area contributed by atoms with Crippen LogP contribution in [0.5, 0.6) is 5.75 Å². The van der Waals surface area contributed by atoms with Crippen molar-refractivity contribution in [3.63, 3.8) is 0 Å². The highest BCUT2D eigenvalue weighted by Gasteiger charge is 2.33. The molecule has 3 rings (SSSR count). The molecule has 3 unspecified atom stereocenters. The number of hydrogen-bond donors (Lipinski definition) is 1. The molecule has 19 heavy (non-hydrogen) atoms. The molecule has 2 heteroatoms. The average molecular weight is 259 g/mol. The van der Waals surface area contributed by atoms with Crippen molar-refractivity contribution in [2.24, 2.45) is 11.8 Å². The number of hydrogen-bond acceptors (Lipinski definition) is 2. The topological polar surface area (TPSA) is 21.3 Å². The van der Waals surface area contributed by atoms with E-state index >= 15 is 0 Å². The van der Waals surface area contributed by atoms with Crippen molar-refractivity contribution < 1.29 is 4.74 Å². The van der Waals surface area contributed by atoms with Gasteiger partial charge in [-0.1, -0.05) is 38.0 Å². The fraction of sp³-hybridized carbons (Fsp3) is 0.647. The molecule has 1 N–H and O–H groups in total. The van der Waals surface area contributed by atoms with Gasteiger partial charge in [0.05, 0.1) is 6.61 Å². The summed E-state index contributed by atoms with van der Waals surface area (Å²) in [5.74, 6) is 2.74. The Morgan fingerprint density at radius 1 is 1.26 bits per heavy atom. The zero-order chi connectivity index (χ0) is 13.2. The number of fused-ring (bicyclic) bond motifs is 1. The minimum absolute atomic E-state index is 0.450. The third-order valence-corrected chi connectivity index (χ3v) is 4.97. The summed E-state index contributed by atoms with van der Waals surface area (Å²) in [4.78, 5) is 0. The summed E-state index contributed by atoms with van der Waals surface area (Å²) < 4.78 is 5.99. The van der Waals surface area contributed by atoms with Gasteiger partial charge in [-0.05, 0) is 43.7 Å². The van der Waals surface area contributed by atoms with Crippen molar-refractivity contribution in [2.75, 3.05) is 13.7 Å². The van der Waals surface area contributed by atoms with E-state index in [0.29, 0.717) is 6.04 Å². The average Bonchev–Trinajstić information content (AvgIpc) is 2.86. The lowest BCUT2D eigenvalue weighted by Gasteiger charge is -2.30. The molecule has 1 aromatic rings. The van der Waals surface area contributed by atoms with E-state index in [0.717, 1.165) is 24.9 Å². The van der Waals surface area contributed by atoms with Gasteiger partial charge in [-0.25, -0.2) is 0 Å². The first-order valence-corrected chi connectivity index (χ1v) is 7.73. The highest BCUT2D eigenvalue weighted by Crippen LogP contribution is 2.43. The quantitative estimate of drug-likeness (QED) is 0.893. The SMILES string of the molecule is CNC(c1cccc2c1OCCC2)C1CCCC1C. The molecule has 3 atom stereocenters. The molecule has 0 spiro atoms. The van der Waals surface area contributed by atoms with E-state index in [1.165, 1.54) is 42.6 Å². The first kappa shape index (κ1) is 13.0. The van der Waals surface area contributed by atoms with Crippen LogP contribution in [-0.4, -0.2) is 13.7 Å². The van der Waals surface area contributed by atoms with Gasteiger partial charge in [0, 0.05) is 11.6 Å². The van der Waals surface area contributed by atoms with Gasteiger partial charge in [0.2, 0.25) is 0 Å². The molecule has 1 saturated carbocycles. The molecular formula is C17H25NO. The number of rotatable bonds is 3. The third-order valence-electron chi connectivity index (χ3n) is 4.97. The van der Waals surface area contributed by atoms with Crippen LogP contribution in [0.4, 0.5) is 0 Å². The third kappa shape index (κ3) is 2.38. The lowest BCUT2D eigenvalue weighted by molar-refractivity contribution is 0.266. The largest absolute Gasteiger partial charge is 0.493 e. The Kier molecular flexibility index (Phi) is 3.79. The summed E-state index contributed by atoms with van der Waals surface area (Å²) in [6.07, 6.45) is 6.41. The van der Waals surface area contributed by atoms with Gasteiger partial charge in [-0.3, -0.25) is 0 Å². The van der Waals surface area contributed by atoms with Crippen molar-refractivity contribution >= 4 is 0 Å².